The third-order valence-corrected chi connectivity index (χ3v) is 5.94. The van der Waals surface area contributed by atoms with Crippen molar-refractivity contribution >= 4 is 17.2 Å². The number of anilines is 1. The van der Waals surface area contributed by atoms with Crippen molar-refractivity contribution in [3.63, 3.8) is 0 Å². The van der Waals surface area contributed by atoms with Crippen LogP contribution in [0.3, 0.4) is 0 Å². The Morgan fingerprint density at radius 2 is 1.80 bits per heavy atom. The van der Waals surface area contributed by atoms with Gasteiger partial charge in [-0.3, -0.25) is 4.79 Å². The number of fused-ring (bicyclic) bond motifs is 1. The second-order valence-corrected chi connectivity index (χ2v) is 9.09. The van der Waals surface area contributed by atoms with Crippen LogP contribution in [0.2, 0.25) is 0 Å². The zero-order chi connectivity index (χ0) is 21.5. The highest BCUT2D eigenvalue weighted by Crippen LogP contribution is 2.25. The monoisotopic (exact) mass is 405 g/mol. The molecule has 1 aromatic carbocycles. The topological polar surface area (TPSA) is 53.7 Å². The Kier molecular flexibility index (Phi) is 5.26. The molecular formula is C24H31N5O. The van der Waals surface area contributed by atoms with Crippen molar-refractivity contribution < 1.29 is 4.79 Å². The molecule has 3 aromatic rings. The molecule has 1 aliphatic rings. The van der Waals surface area contributed by atoms with Gasteiger partial charge >= 0.3 is 0 Å². The Bertz CT molecular complexity index is 1070. The van der Waals surface area contributed by atoms with Crippen molar-refractivity contribution in [2.75, 3.05) is 31.1 Å². The van der Waals surface area contributed by atoms with E-state index in [-0.39, 0.29) is 11.3 Å². The van der Waals surface area contributed by atoms with Gasteiger partial charge in [-0.15, -0.1) is 0 Å². The number of carbonyl (C=O) groups is 1. The molecule has 0 aliphatic carbocycles. The molecule has 1 saturated heterocycles. The maximum absolute atomic E-state index is 13.4. The second kappa shape index (κ2) is 7.74. The van der Waals surface area contributed by atoms with Gasteiger partial charge in [0.2, 0.25) is 0 Å². The number of rotatable bonds is 3. The van der Waals surface area contributed by atoms with Gasteiger partial charge in [0.15, 0.2) is 5.65 Å². The van der Waals surface area contributed by atoms with Gasteiger partial charge in [0.05, 0.1) is 17.0 Å². The van der Waals surface area contributed by atoms with Crippen LogP contribution < -0.4 is 4.90 Å². The zero-order valence-corrected chi connectivity index (χ0v) is 18.6. The van der Waals surface area contributed by atoms with Crippen LogP contribution in [0.15, 0.2) is 36.5 Å². The lowest BCUT2D eigenvalue weighted by Crippen LogP contribution is -2.49. The summed E-state index contributed by atoms with van der Waals surface area (Å²) in [6, 6.07) is 10.5. The first-order valence-corrected chi connectivity index (χ1v) is 10.8. The first-order valence-electron chi connectivity index (χ1n) is 10.8. The Morgan fingerprint density at radius 3 is 2.43 bits per heavy atom. The molecule has 3 heterocycles. The molecule has 6 nitrogen and oxygen atoms in total. The van der Waals surface area contributed by atoms with Gasteiger partial charge in [-0.05, 0) is 25.0 Å². The fourth-order valence-electron chi connectivity index (χ4n) is 4.11. The molecular weight excluding hydrogens is 374 g/mol. The number of aryl methyl sites for hydroxylation is 2. The predicted octanol–water partition coefficient (Wildman–Crippen LogP) is 3.86. The largest absolute Gasteiger partial charge is 0.368 e. The summed E-state index contributed by atoms with van der Waals surface area (Å²) in [6.07, 6.45) is 2.47. The molecule has 4 rings (SSSR count). The minimum atomic E-state index is -0.0607. The molecule has 0 atom stereocenters. The van der Waals surface area contributed by atoms with Gasteiger partial charge in [0.1, 0.15) is 0 Å². The maximum Gasteiger partial charge on any atom is 0.257 e. The van der Waals surface area contributed by atoms with E-state index in [0.29, 0.717) is 18.7 Å². The molecule has 1 aliphatic heterocycles. The van der Waals surface area contributed by atoms with Crippen LogP contribution in [0.1, 0.15) is 55.0 Å². The number of para-hydroxylation sites is 1. The summed E-state index contributed by atoms with van der Waals surface area (Å²) < 4.78 is 1.86. The van der Waals surface area contributed by atoms with Gasteiger partial charge in [0.25, 0.3) is 5.91 Å². The molecule has 1 fully saturated rings. The quantitative estimate of drug-likeness (QED) is 0.664. The van der Waals surface area contributed by atoms with Gasteiger partial charge < -0.3 is 9.80 Å². The van der Waals surface area contributed by atoms with Gasteiger partial charge in [0, 0.05) is 49.5 Å². The lowest BCUT2D eigenvalue weighted by atomic mass is 9.93. The molecule has 0 radical (unpaired) electrons. The summed E-state index contributed by atoms with van der Waals surface area (Å²) in [4.78, 5) is 22.2. The smallest absolute Gasteiger partial charge is 0.257 e. The molecule has 0 N–H and O–H groups in total. The van der Waals surface area contributed by atoms with Gasteiger partial charge in [-0.2, -0.15) is 5.10 Å². The van der Waals surface area contributed by atoms with E-state index in [1.54, 1.807) is 6.20 Å². The average Bonchev–Trinajstić information content (AvgIpc) is 3.18. The van der Waals surface area contributed by atoms with E-state index in [2.05, 4.69) is 68.8 Å². The molecule has 0 spiro atoms. The molecule has 30 heavy (non-hydrogen) atoms. The van der Waals surface area contributed by atoms with E-state index in [9.17, 15) is 4.79 Å². The predicted molar refractivity (Wildman–Crippen MR) is 120 cm³/mol. The van der Waals surface area contributed by atoms with Crippen LogP contribution in [-0.2, 0) is 11.8 Å². The molecule has 158 valence electrons. The first kappa shape index (κ1) is 20.4. The Morgan fingerprint density at radius 1 is 1.10 bits per heavy atom. The van der Waals surface area contributed by atoms with E-state index < -0.39 is 0 Å². The molecule has 2 aromatic heterocycles. The number of amides is 1. The van der Waals surface area contributed by atoms with Crippen LogP contribution in [-0.4, -0.2) is 51.6 Å². The summed E-state index contributed by atoms with van der Waals surface area (Å²) in [5, 5.41) is 4.78. The standard InChI is InChI=1S/C24H31N5O/c1-6-19-18(16-25-22-15-21(24(3,4)5)26-29(19)22)23(30)28-13-11-27(12-14-28)20-10-8-7-9-17(20)2/h7-10,15-16H,6,11-14H2,1-5H3. The molecule has 6 heteroatoms. The Hall–Kier alpha value is -2.89. The van der Waals surface area contributed by atoms with E-state index in [1.807, 2.05) is 15.5 Å². The molecule has 1 amide bonds. The number of piperazine rings is 1. The highest BCUT2D eigenvalue weighted by atomic mass is 16.2. The summed E-state index contributed by atoms with van der Waals surface area (Å²) in [7, 11) is 0. The average molecular weight is 406 g/mol. The van der Waals surface area contributed by atoms with Crippen molar-refractivity contribution in [1.82, 2.24) is 19.5 Å². The Labute approximate surface area is 178 Å². The van der Waals surface area contributed by atoms with Crippen molar-refractivity contribution in [3.05, 3.63) is 59.0 Å². The minimum absolute atomic E-state index is 0.0542. The second-order valence-electron chi connectivity index (χ2n) is 9.09. The molecule has 0 saturated carbocycles. The highest BCUT2D eigenvalue weighted by molar-refractivity contribution is 5.95. The normalized spacial score (nSPS) is 15.1. The number of aromatic nitrogens is 3. The summed E-state index contributed by atoms with van der Waals surface area (Å²) >= 11 is 0. The van der Waals surface area contributed by atoms with Crippen molar-refractivity contribution in [2.45, 2.75) is 46.5 Å². The van der Waals surface area contributed by atoms with E-state index in [1.165, 1.54) is 11.3 Å². The summed E-state index contributed by atoms with van der Waals surface area (Å²) in [5.41, 5.74) is 5.86. The van der Waals surface area contributed by atoms with Crippen molar-refractivity contribution in [3.8, 4) is 0 Å². The minimum Gasteiger partial charge on any atom is -0.368 e. The number of benzene rings is 1. The number of carbonyl (C=O) groups excluding carboxylic acids is 1. The maximum atomic E-state index is 13.4. The first-order chi connectivity index (χ1) is 14.3. The molecule has 0 unspecified atom stereocenters. The molecule has 0 bridgehead atoms. The number of hydrogen-bond donors (Lipinski definition) is 0. The van der Waals surface area contributed by atoms with Crippen LogP contribution >= 0.6 is 0 Å². The number of nitrogens with zero attached hydrogens (tertiary/aromatic N) is 5. The van der Waals surface area contributed by atoms with Crippen molar-refractivity contribution in [1.29, 1.82) is 0 Å². The third-order valence-electron chi connectivity index (χ3n) is 5.94. The highest BCUT2D eigenvalue weighted by Gasteiger charge is 2.26. The fourth-order valence-corrected chi connectivity index (χ4v) is 4.11. The van der Waals surface area contributed by atoms with Crippen LogP contribution in [0.5, 0.6) is 0 Å². The zero-order valence-electron chi connectivity index (χ0n) is 18.6. The van der Waals surface area contributed by atoms with Crippen molar-refractivity contribution in [2.24, 2.45) is 0 Å². The lowest BCUT2D eigenvalue weighted by Gasteiger charge is -2.37. The Balaban J connectivity index is 1.57. The summed E-state index contributed by atoms with van der Waals surface area (Å²) in [5.74, 6) is 0.0542. The van der Waals surface area contributed by atoms with E-state index in [4.69, 9.17) is 5.10 Å². The fraction of sp³-hybridized carbons (Fsp3) is 0.458. The van der Waals surface area contributed by atoms with Crippen LogP contribution in [0.4, 0.5) is 5.69 Å². The SMILES string of the molecule is CCc1c(C(=O)N2CCN(c3ccccc3C)CC2)cnc2cc(C(C)(C)C)nn12. The van der Waals surface area contributed by atoms with E-state index in [0.717, 1.165) is 36.5 Å². The van der Waals surface area contributed by atoms with Gasteiger partial charge in [-0.25, -0.2) is 9.50 Å². The summed E-state index contributed by atoms with van der Waals surface area (Å²) in [6.45, 7) is 13.7. The van der Waals surface area contributed by atoms with Crippen LogP contribution in [0.25, 0.3) is 5.65 Å². The van der Waals surface area contributed by atoms with E-state index >= 15 is 0 Å². The van der Waals surface area contributed by atoms with Gasteiger partial charge in [-0.1, -0.05) is 45.9 Å². The number of hydrogen-bond acceptors (Lipinski definition) is 4. The van der Waals surface area contributed by atoms with Crippen LogP contribution in [0, 0.1) is 6.92 Å². The third kappa shape index (κ3) is 3.66. The lowest BCUT2D eigenvalue weighted by molar-refractivity contribution is 0.0744.